The fourth-order valence-corrected chi connectivity index (χ4v) is 2.57. The zero-order valence-electron chi connectivity index (χ0n) is 8.39. The number of hydrogen-bond donors (Lipinski definition) is 0. The fraction of sp³-hybridized carbons (Fsp3) is 0.400. The molecule has 0 fully saturated rings. The highest BCUT2D eigenvalue weighted by Crippen LogP contribution is 2.23. The van der Waals surface area contributed by atoms with Crippen molar-refractivity contribution in [3.05, 3.63) is 17.5 Å². The molecule has 0 aliphatic heterocycles. The highest BCUT2D eigenvalue weighted by Gasteiger charge is 2.10. The molecule has 0 N–H and O–H groups in total. The lowest BCUT2D eigenvalue weighted by molar-refractivity contribution is -0.145. The molecular formula is C10H12O3S2. The Morgan fingerprint density at radius 2 is 2.33 bits per heavy atom. The highest BCUT2D eigenvalue weighted by molar-refractivity contribution is 8.01. The summed E-state index contributed by atoms with van der Waals surface area (Å²) in [6.07, 6.45) is -0.119. The molecule has 1 heterocycles. The maximum Gasteiger partial charge on any atom is 0.313 e. The third kappa shape index (κ3) is 4.99. The lowest BCUT2D eigenvalue weighted by Gasteiger charge is -2.00. The molecule has 3 nitrogen and oxygen atoms in total. The SMILES string of the molecule is CCOC(=O)CC(=O)CSc1cccs1. The Bertz CT molecular complexity index is 319. The first-order valence-electron chi connectivity index (χ1n) is 4.56. The molecule has 5 heteroatoms. The van der Waals surface area contributed by atoms with E-state index in [1.165, 1.54) is 11.8 Å². The smallest absolute Gasteiger partial charge is 0.313 e. The van der Waals surface area contributed by atoms with Crippen LogP contribution in [0.2, 0.25) is 0 Å². The van der Waals surface area contributed by atoms with Crippen molar-refractivity contribution in [2.24, 2.45) is 0 Å². The molecule has 0 aromatic carbocycles. The molecule has 1 aromatic rings. The minimum atomic E-state index is -0.436. The van der Waals surface area contributed by atoms with Crippen LogP contribution in [0.3, 0.4) is 0 Å². The van der Waals surface area contributed by atoms with Crippen molar-refractivity contribution in [3.8, 4) is 0 Å². The summed E-state index contributed by atoms with van der Waals surface area (Å²) in [6, 6.07) is 3.88. The summed E-state index contributed by atoms with van der Waals surface area (Å²) in [6.45, 7) is 2.05. The maximum atomic E-state index is 11.3. The van der Waals surface area contributed by atoms with E-state index in [-0.39, 0.29) is 12.2 Å². The Morgan fingerprint density at radius 1 is 1.53 bits per heavy atom. The van der Waals surface area contributed by atoms with Gasteiger partial charge in [-0.25, -0.2) is 0 Å². The number of carbonyl (C=O) groups is 2. The quantitative estimate of drug-likeness (QED) is 0.438. The van der Waals surface area contributed by atoms with Gasteiger partial charge in [-0.15, -0.1) is 23.1 Å². The number of thioether (sulfide) groups is 1. The van der Waals surface area contributed by atoms with Crippen LogP contribution in [0.5, 0.6) is 0 Å². The van der Waals surface area contributed by atoms with E-state index in [4.69, 9.17) is 0 Å². The standard InChI is InChI=1S/C10H12O3S2/c1-2-13-9(12)6-8(11)7-15-10-4-3-5-14-10/h3-5H,2,6-7H2,1H3. The van der Waals surface area contributed by atoms with Gasteiger partial charge >= 0.3 is 5.97 Å². The number of Topliss-reactive ketones (excluding diaryl/α,β-unsaturated/α-hetero) is 1. The maximum absolute atomic E-state index is 11.3. The van der Waals surface area contributed by atoms with Crippen molar-refractivity contribution in [1.82, 2.24) is 0 Å². The van der Waals surface area contributed by atoms with Crippen LogP contribution in [-0.2, 0) is 14.3 Å². The molecule has 0 bridgehead atoms. The summed E-state index contributed by atoms with van der Waals surface area (Å²) in [4.78, 5) is 22.3. The molecule has 0 saturated heterocycles. The Kier molecular flexibility index (Phi) is 5.42. The minimum Gasteiger partial charge on any atom is -0.466 e. The molecule has 1 rings (SSSR count). The van der Waals surface area contributed by atoms with Crippen molar-refractivity contribution in [3.63, 3.8) is 0 Å². The van der Waals surface area contributed by atoms with Crippen molar-refractivity contribution < 1.29 is 14.3 Å². The van der Waals surface area contributed by atoms with Crippen LogP contribution >= 0.6 is 23.1 Å². The van der Waals surface area contributed by atoms with Crippen molar-refractivity contribution in [2.75, 3.05) is 12.4 Å². The molecule has 82 valence electrons. The predicted molar refractivity (Wildman–Crippen MR) is 61.3 cm³/mol. The van der Waals surface area contributed by atoms with Gasteiger partial charge in [-0.3, -0.25) is 9.59 Å². The Balaban J connectivity index is 2.22. The normalized spacial score (nSPS) is 9.93. The lowest BCUT2D eigenvalue weighted by atomic mass is 10.3. The second-order valence-electron chi connectivity index (χ2n) is 2.74. The monoisotopic (exact) mass is 244 g/mol. The average Bonchev–Trinajstić information content (AvgIpc) is 2.67. The molecule has 0 radical (unpaired) electrons. The van der Waals surface area contributed by atoms with Gasteiger partial charge in [-0.2, -0.15) is 0 Å². The van der Waals surface area contributed by atoms with Gasteiger partial charge in [0.05, 0.1) is 16.6 Å². The van der Waals surface area contributed by atoms with E-state index in [2.05, 4.69) is 4.74 Å². The van der Waals surface area contributed by atoms with E-state index in [0.717, 1.165) is 4.21 Å². The van der Waals surface area contributed by atoms with Gasteiger partial charge < -0.3 is 4.74 Å². The van der Waals surface area contributed by atoms with E-state index >= 15 is 0 Å². The molecule has 0 atom stereocenters. The molecule has 0 saturated carbocycles. The number of ketones is 1. The summed E-state index contributed by atoms with van der Waals surface area (Å²) in [5.41, 5.74) is 0. The van der Waals surface area contributed by atoms with Gasteiger partial charge in [0.25, 0.3) is 0 Å². The van der Waals surface area contributed by atoms with Gasteiger partial charge in [-0.05, 0) is 18.4 Å². The zero-order chi connectivity index (χ0) is 11.1. The summed E-state index contributed by atoms with van der Waals surface area (Å²) in [5, 5.41) is 1.96. The highest BCUT2D eigenvalue weighted by atomic mass is 32.2. The van der Waals surface area contributed by atoms with Crippen LogP contribution < -0.4 is 0 Å². The van der Waals surface area contributed by atoms with Crippen LogP contribution in [0, 0.1) is 0 Å². The van der Waals surface area contributed by atoms with Crippen LogP contribution in [0.25, 0.3) is 0 Å². The Morgan fingerprint density at radius 3 is 2.93 bits per heavy atom. The Hall–Kier alpha value is -0.810. The van der Waals surface area contributed by atoms with Gasteiger partial charge in [0.1, 0.15) is 6.42 Å². The Labute approximate surface area is 96.8 Å². The number of hydrogen-bond acceptors (Lipinski definition) is 5. The van der Waals surface area contributed by atoms with E-state index in [1.54, 1.807) is 18.3 Å². The number of carbonyl (C=O) groups excluding carboxylic acids is 2. The summed E-state index contributed by atoms with van der Waals surface area (Å²) in [7, 11) is 0. The topological polar surface area (TPSA) is 43.4 Å². The first kappa shape index (κ1) is 12.3. The number of esters is 1. The molecular weight excluding hydrogens is 232 g/mol. The van der Waals surface area contributed by atoms with E-state index in [9.17, 15) is 9.59 Å². The van der Waals surface area contributed by atoms with Crippen LogP contribution in [0.4, 0.5) is 0 Å². The van der Waals surface area contributed by atoms with Crippen LogP contribution in [0.15, 0.2) is 21.7 Å². The van der Waals surface area contributed by atoms with E-state index < -0.39 is 5.97 Å². The molecule has 0 aliphatic rings. The lowest BCUT2D eigenvalue weighted by Crippen LogP contribution is -2.12. The van der Waals surface area contributed by atoms with Gasteiger partial charge in [0.2, 0.25) is 0 Å². The number of thiophene rings is 1. The van der Waals surface area contributed by atoms with Crippen LogP contribution in [0.1, 0.15) is 13.3 Å². The summed E-state index contributed by atoms with van der Waals surface area (Å²) >= 11 is 3.05. The van der Waals surface area contributed by atoms with Gasteiger partial charge in [-0.1, -0.05) is 6.07 Å². The molecule has 0 aliphatic carbocycles. The molecule has 15 heavy (non-hydrogen) atoms. The largest absolute Gasteiger partial charge is 0.466 e. The first-order chi connectivity index (χ1) is 7.22. The van der Waals surface area contributed by atoms with Gasteiger partial charge in [0, 0.05) is 0 Å². The fourth-order valence-electron chi connectivity index (χ4n) is 0.921. The van der Waals surface area contributed by atoms with Gasteiger partial charge in [0.15, 0.2) is 5.78 Å². The third-order valence-electron chi connectivity index (χ3n) is 1.52. The molecule has 0 amide bonds. The zero-order valence-corrected chi connectivity index (χ0v) is 10.0. The van der Waals surface area contributed by atoms with E-state index in [0.29, 0.717) is 12.4 Å². The predicted octanol–water partition coefficient (Wildman–Crippen LogP) is 2.36. The first-order valence-corrected chi connectivity index (χ1v) is 6.42. The average molecular weight is 244 g/mol. The van der Waals surface area contributed by atoms with Crippen molar-refractivity contribution >= 4 is 34.9 Å². The third-order valence-corrected chi connectivity index (χ3v) is 3.71. The van der Waals surface area contributed by atoms with Crippen molar-refractivity contribution in [2.45, 2.75) is 17.6 Å². The van der Waals surface area contributed by atoms with E-state index in [1.807, 2.05) is 17.5 Å². The molecule has 1 aromatic heterocycles. The number of rotatable bonds is 6. The van der Waals surface area contributed by atoms with Crippen molar-refractivity contribution in [1.29, 1.82) is 0 Å². The second kappa shape index (κ2) is 6.63. The summed E-state index contributed by atoms with van der Waals surface area (Å²) < 4.78 is 5.77. The minimum absolute atomic E-state index is 0.0909. The molecule has 0 spiro atoms. The van der Waals surface area contributed by atoms with Crippen LogP contribution in [-0.4, -0.2) is 24.1 Å². The molecule has 0 unspecified atom stereocenters. The number of ether oxygens (including phenoxy) is 1. The summed E-state index contributed by atoms with van der Waals surface area (Å²) in [5.74, 6) is -0.194. The second-order valence-corrected chi connectivity index (χ2v) is 4.96.